The molecule has 0 unspecified atom stereocenters. The van der Waals surface area contributed by atoms with Crippen molar-refractivity contribution >= 4 is 23.2 Å². The van der Waals surface area contributed by atoms with Crippen LogP contribution in [0.25, 0.3) is 0 Å². The number of esters is 1. The molecule has 0 saturated heterocycles. The Morgan fingerprint density at radius 2 is 1.95 bits per heavy atom. The van der Waals surface area contributed by atoms with E-state index in [9.17, 15) is 14.4 Å². The van der Waals surface area contributed by atoms with Gasteiger partial charge in [-0.05, 0) is 18.2 Å². The smallest absolute Gasteiger partial charge is 0.338 e. The van der Waals surface area contributed by atoms with Crippen LogP contribution in [0.15, 0.2) is 38.0 Å². The normalized spacial score (nSPS) is 13.4. The summed E-state index contributed by atoms with van der Waals surface area (Å²) < 4.78 is 4.87. The Kier molecular flexibility index (Phi) is 2.87. The lowest BCUT2D eigenvalue weighted by molar-refractivity contribution is 0.0535. The highest BCUT2D eigenvalue weighted by atomic mass is 16.5. The van der Waals surface area contributed by atoms with Gasteiger partial charge in [-0.25, -0.2) is 9.59 Å². The number of hydrogen-bond acceptors (Lipinski definition) is 7. The minimum Gasteiger partial charge on any atom is -0.457 e. The number of fused-ring (bicyclic) bond motifs is 1. The van der Waals surface area contributed by atoms with Crippen LogP contribution in [0.3, 0.4) is 0 Å². The van der Waals surface area contributed by atoms with Crippen molar-refractivity contribution in [3.63, 3.8) is 0 Å². The van der Waals surface area contributed by atoms with Crippen molar-refractivity contribution in [1.29, 1.82) is 0 Å². The van der Waals surface area contributed by atoms with Crippen LogP contribution in [0.2, 0.25) is 0 Å². The summed E-state index contributed by atoms with van der Waals surface area (Å²) in [5, 5.41) is 7.59. The van der Waals surface area contributed by atoms with Gasteiger partial charge in [0, 0.05) is 5.56 Å². The average Bonchev–Trinajstić information content (AvgIpc) is 2.79. The van der Waals surface area contributed by atoms with Gasteiger partial charge in [0.2, 0.25) is 0 Å². The van der Waals surface area contributed by atoms with Crippen LogP contribution >= 0.6 is 0 Å². The number of rotatable bonds is 2. The lowest BCUT2D eigenvalue weighted by Gasteiger charge is -1.98. The van der Waals surface area contributed by atoms with Gasteiger partial charge in [0.05, 0.1) is 11.3 Å². The summed E-state index contributed by atoms with van der Waals surface area (Å²) in [7, 11) is 0. The Labute approximate surface area is 116 Å². The maximum Gasteiger partial charge on any atom is 0.338 e. The Bertz CT molecular complexity index is 880. The quantitative estimate of drug-likeness (QED) is 0.551. The number of aromatic amines is 2. The molecular weight excluding hydrogens is 278 g/mol. The van der Waals surface area contributed by atoms with E-state index in [1.54, 1.807) is 18.2 Å². The molecule has 1 aliphatic rings. The first kappa shape index (κ1) is 12.8. The van der Waals surface area contributed by atoms with Crippen molar-refractivity contribution in [3.8, 4) is 0 Å². The topological polar surface area (TPSA) is 143 Å². The molecule has 1 aliphatic heterocycles. The second-order valence-corrected chi connectivity index (χ2v) is 4.29. The van der Waals surface area contributed by atoms with Crippen molar-refractivity contribution in [2.45, 2.75) is 6.61 Å². The van der Waals surface area contributed by atoms with E-state index >= 15 is 0 Å². The predicted molar refractivity (Wildman–Crippen MR) is 71.8 cm³/mol. The zero-order chi connectivity index (χ0) is 15.0. The fourth-order valence-electron chi connectivity index (χ4n) is 1.89. The fourth-order valence-corrected chi connectivity index (χ4v) is 1.89. The number of aromatic nitrogens is 2. The number of benzene rings is 1. The van der Waals surface area contributed by atoms with Crippen molar-refractivity contribution < 1.29 is 9.53 Å². The Morgan fingerprint density at radius 3 is 2.71 bits per heavy atom. The monoisotopic (exact) mass is 287 g/mol. The number of nitrogens with one attached hydrogen (secondary N) is 2. The first-order valence-corrected chi connectivity index (χ1v) is 5.88. The molecule has 3 rings (SSSR count). The number of cyclic esters (lactones) is 1. The highest BCUT2D eigenvalue weighted by Gasteiger charge is 2.20. The highest BCUT2D eigenvalue weighted by molar-refractivity contribution is 5.93. The maximum atomic E-state index is 11.5. The number of azo groups is 1. The van der Waals surface area contributed by atoms with Crippen LogP contribution in [0, 0.1) is 0 Å². The van der Waals surface area contributed by atoms with Crippen LogP contribution in [-0.2, 0) is 11.3 Å². The van der Waals surface area contributed by atoms with Crippen LogP contribution in [0.5, 0.6) is 0 Å². The SMILES string of the molecule is Nc1[nH]c(=O)[nH]c(=O)c1N=Nc1ccc2c(c1)COC2=O. The van der Waals surface area contributed by atoms with Gasteiger partial charge >= 0.3 is 11.7 Å². The molecule has 1 aromatic carbocycles. The predicted octanol–water partition coefficient (Wildman–Crippen LogP) is 0.731. The summed E-state index contributed by atoms with van der Waals surface area (Å²) >= 11 is 0. The molecular formula is C12H9N5O4. The standard InChI is InChI=1S/C12H9N5O4/c13-9-8(10(18)15-12(20)14-9)17-16-6-1-2-7-5(3-6)4-21-11(7)19/h1-3H,4H2,(H4,13,14,15,18,20). The molecule has 0 aliphatic carbocycles. The third-order valence-electron chi connectivity index (χ3n) is 2.88. The molecule has 0 amide bonds. The van der Waals surface area contributed by atoms with Crippen molar-refractivity contribution in [2.24, 2.45) is 10.2 Å². The first-order chi connectivity index (χ1) is 10.0. The number of ether oxygens (including phenoxy) is 1. The lowest BCUT2D eigenvalue weighted by atomic mass is 10.1. The highest BCUT2D eigenvalue weighted by Crippen LogP contribution is 2.26. The summed E-state index contributed by atoms with van der Waals surface area (Å²) in [4.78, 5) is 38.0. The molecule has 0 spiro atoms. The minimum absolute atomic E-state index is 0.174. The number of nitrogens with zero attached hydrogens (tertiary/aromatic N) is 2. The van der Waals surface area contributed by atoms with Gasteiger partial charge in [-0.2, -0.15) is 5.11 Å². The largest absolute Gasteiger partial charge is 0.457 e. The first-order valence-electron chi connectivity index (χ1n) is 5.88. The fraction of sp³-hybridized carbons (Fsp3) is 0.0833. The second kappa shape index (κ2) is 4.71. The number of carbonyl (C=O) groups excluding carboxylic acids is 1. The van der Waals surface area contributed by atoms with E-state index in [1.165, 1.54) is 0 Å². The molecule has 1 aromatic heterocycles. The summed E-state index contributed by atoms with van der Waals surface area (Å²) in [6, 6.07) is 4.75. The van der Waals surface area contributed by atoms with Gasteiger partial charge in [-0.3, -0.25) is 14.8 Å². The van der Waals surface area contributed by atoms with E-state index < -0.39 is 11.2 Å². The number of hydrogen-bond donors (Lipinski definition) is 3. The Hall–Kier alpha value is -3.23. The van der Waals surface area contributed by atoms with E-state index in [0.29, 0.717) is 16.8 Å². The van der Waals surface area contributed by atoms with Gasteiger partial charge in [0.25, 0.3) is 5.56 Å². The number of nitrogens with two attached hydrogens (primary N) is 1. The van der Waals surface area contributed by atoms with Crippen LogP contribution < -0.4 is 17.0 Å². The molecule has 2 aromatic rings. The molecule has 0 saturated carbocycles. The molecule has 21 heavy (non-hydrogen) atoms. The summed E-state index contributed by atoms with van der Waals surface area (Å²) in [5.74, 6) is -0.554. The van der Waals surface area contributed by atoms with Crippen molar-refractivity contribution in [1.82, 2.24) is 9.97 Å². The van der Waals surface area contributed by atoms with Crippen LogP contribution in [0.4, 0.5) is 17.2 Å². The molecule has 0 atom stereocenters. The average molecular weight is 287 g/mol. The second-order valence-electron chi connectivity index (χ2n) is 4.29. The molecule has 2 heterocycles. The number of H-pyrrole nitrogens is 2. The van der Waals surface area contributed by atoms with E-state index in [4.69, 9.17) is 10.5 Å². The van der Waals surface area contributed by atoms with E-state index in [2.05, 4.69) is 15.2 Å². The molecule has 9 nitrogen and oxygen atoms in total. The van der Waals surface area contributed by atoms with Crippen LogP contribution in [0.1, 0.15) is 15.9 Å². The minimum atomic E-state index is -0.736. The van der Waals surface area contributed by atoms with Crippen LogP contribution in [-0.4, -0.2) is 15.9 Å². The summed E-state index contributed by atoms with van der Waals surface area (Å²) in [6.45, 7) is 0.179. The van der Waals surface area contributed by atoms with Crippen molar-refractivity contribution in [2.75, 3.05) is 5.73 Å². The maximum absolute atomic E-state index is 11.5. The zero-order valence-corrected chi connectivity index (χ0v) is 10.5. The zero-order valence-electron chi connectivity index (χ0n) is 10.5. The van der Waals surface area contributed by atoms with Gasteiger partial charge in [-0.15, -0.1) is 5.11 Å². The molecule has 0 radical (unpaired) electrons. The van der Waals surface area contributed by atoms with Gasteiger partial charge in [-0.1, -0.05) is 0 Å². The van der Waals surface area contributed by atoms with E-state index in [-0.39, 0.29) is 24.1 Å². The molecule has 9 heteroatoms. The molecule has 0 fully saturated rings. The van der Waals surface area contributed by atoms with E-state index in [0.717, 1.165) is 0 Å². The van der Waals surface area contributed by atoms with Gasteiger partial charge in [0.1, 0.15) is 12.4 Å². The molecule has 0 bridgehead atoms. The van der Waals surface area contributed by atoms with Gasteiger partial charge < -0.3 is 10.5 Å². The Balaban J connectivity index is 1.96. The molecule has 106 valence electrons. The molecule has 4 N–H and O–H groups in total. The number of nitrogen functional groups attached to an aromatic ring is 1. The lowest BCUT2D eigenvalue weighted by Crippen LogP contribution is -2.23. The third kappa shape index (κ3) is 2.31. The summed E-state index contributed by atoms with van der Waals surface area (Å²) in [5.41, 5.74) is 5.46. The van der Waals surface area contributed by atoms with Gasteiger partial charge in [0.15, 0.2) is 5.69 Å². The number of anilines is 1. The van der Waals surface area contributed by atoms with E-state index in [1.807, 2.05) is 4.98 Å². The Morgan fingerprint density at radius 1 is 1.14 bits per heavy atom. The number of carbonyl (C=O) groups is 1. The summed E-state index contributed by atoms with van der Waals surface area (Å²) in [6.07, 6.45) is 0. The van der Waals surface area contributed by atoms with Crippen molar-refractivity contribution in [3.05, 3.63) is 50.2 Å². The third-order valence-corrected chi connectivity index (χ3v) is 2.88.